The Morgan fingerprint density at radius 1 is 1.35 bits per heavy atom. The lowest BCUT2D eigenvalue weighted by Crippen LogP contribution is -2.15. The van der Waals surface area contributed by atoms with Crippen molar-refractivity contribution in [2.24, 2.45) is 0 Å². The van der Waals surface area contributed by atoms with Crippen LogP contribution in [0.3, 0.4) is 0 Å². The fraction of sp³-hybridized carbons (Fsp3) is 0.417. The maximum absolute atomic E-state index is 4.34. The third-order valence-electron chi connectivity index (χ3n) is 3.01. The van der Waals surface area contributed by atoms with E-state index in [-0.39, 0.29) is 0 Å². The van der Waals surface area contributed by atoms with Crippen molar-refractivity contribution in [2.75, 3.05) is 0 Å². The molecule has 1 aliphatic carbocycles. The van der Waals surface area contributed by atoms with E-state index in [1.54, 1.807) is 23.1 Å². The predicted molar refractivity (Wildman–Crippen MR) is 63.8 cm³/mol. The molecule has 1 saturated carbocycles. The van der Waals surface area contributed by atoms with Gasteiger partial charge in [-0.25, -0.2) is 14.6 Å². The first-order chi connectivity index (χ1) is 8.34. The predicted octanol–water partition coefficient (Wildman–Crippen LogP) is 1.22. The van der Waals surface area contributed by atoms with E-state index in [0.29, 0.717) is 12.0 Å². The maximum Gasteiger partial charge on any atom is 0.250 e. The van der Waals surface area contributed by atoms with Gasteiger partial charge in [0, 0.05) is 36.2 Å². The van der Waals surface area contributed by atoms with Crippen molar-refractivity contribution in [1.82, 2.24) is 25.1 Å². The van der Waals surface area contributed by atoms with Crippen LogP contribution in [-0.4, -0.2) is 25.8 Å². The Morgan fingerprint density at radius 3 is 2.82 bits per heavy atom. The summed E-state index contributed by atoms with van der Waals surface area (Å²) < 4.78 is 1.78. The largest absolute Gasteiger partial charge is 0.310 e. The van der Waals surface area contributed by atoms with E-state index >= 15 is 0 Å². The Labute approximate surface area is 99.9 Å². The van der Waals surface area contributed by atoms with Gasteiger partial charge >= 0.3 is 0 Å². The number of hydrogen-bond acceptors (Lipinski definition) is 4. The van der Waals surface area contributed by atoms with E-state index in [0.717, 1.165) is 12.2 Å². The second-order valence-corrected chi connectivity index (χ2v) is 4.37. The van der Waals surface area contributed by atoms with Crippen LogP contribution in [0.5, 0.6) is 0 Å². The molecule has 1 aliphatic rings. The standard InChI is InChI=1S/C12H15N5/c1-9-10(7-15-11-3-4-11)8-16-17(9)12-13-5-2-6-14-12/h2,5-6,8,11,15H,3-4,7H2,1H3. The highest BCUT2D eigenvalue weighted by Crippen LogP contribution is 2.20. The van der Waals surface area contributed by atoms with Crippen LogP contribution in [0.4, 0.5) is 0 Å². The highest BCUT2D eigenvalue weighted by atomic mass is 15.3. The van der Waals surface area contributed by atoms with Gasteiger partial charge in [-0.2, -0.15) is 5.10 Å². The maximum atomic E-state index is 4.34. The number of hydrogen-bond donors (Lipinski definition) is 1. The second-order valence-electron chi connectivity index (χ2n) is 4.37. The fourth-order valence-corrected chi connectivity index (χ4v) is 1.76. The smallest absolute Gasteiger partial charge is 0.250 e. The van der Waals surface area contributed by atoms with Gasteiger partial charge in [0.1, 0.15) is 0 Å². The van der Waals surface area contributed by atoms with Gasteiger partial charge in [-0.15, -0.1) is 0 Å². The summed E-state index contributed by atoms with van der Waals surface area (Å²) in [5, 5.41) is 7.82. The number of nitrogens with one attached hydrogen (secondary N) is 1. The normalized spacial score (nSPS) is 15.1. The molecule has 0 bridgehead atoms. The molecule has 5 heteroatoms. The third kappa shape index (κ3) is 2.19. The third-order valence-corrected chi connectivity index (χ3v) is 3.01. The van der Waals surface area contributed by atoms with Crippen LogP contribution >= 0.6 is 0 Å². The molecule has 17 heavy (non-hydrogen) atoms. The first kappa shape index (κ1) is 10.4. The molecule has 0 spiro atoms. The van der Waals surface area contributed by atoms with Crippen LogP contribution in [0.25, 0.3) is 5.95 Å². The molecule has 0 atom stereocenters. The molecular weight excluding hydrogens is 214 g/mol. The van der Waals surface area contributed by atoms with Gasteiger partial charge in [0.15, 0.2) is 0 Å². The Kier molecular flexibility index (Phi) is 2.60. The van der Waals surface area contributed by atoms with Crippen molar-refractivity contribution in [1.29, 1.82) is 0 Å². The van der Waals surface area contributed by atoms with Crippen LogP contribution < -0.4 is 5.32 Å². The van der Waals surface area contributed by atoms with Crippen LogP contribution in [0.1, 0.15) is 24.1 Å². The summed E-state index contributed by atoms with van der Waals surface area (Å²) in [4.78, 5) is 8.40. The molecule has 0 amide bonds. The first-order valence-corrected chi connectivity index (χ1v) is 5.89. The fourth-order valence-electron chi connectivity index (χ4n) is 1.76. The average molecular weight is 229 g/mol. The molecule has 0 radical (unpaired) electrons. The Bertz CT molecular complexity index is 501. The molecular formula is C12H15N5. The summed E-state index contributed by atoms with van der Waals surface area (Å²) in [6.45, 7) is 2.93. The zero-order valence-corrected chi connectivity index (χ0v) is 9.80. The highest BCUT2D eigenvalue weighted by Gasteiger charge is 2.21. The Morgan fingerprint density at radius 2 is 2.12 bits per heavy atom. The average Bonchev–Trinajstić information content (AvgIpc) is 3.12. The lowest BCUT2D eigenvalue weighted by molar-refractivity contribution is 0.683. The molecule has 1 N–H and O–H groups in total. The van der Waals surface area contributed by atoms with Crippen molar-refractivity contribution in [3.63, 3.8) is 0 Å². The van der Waals surface area contributed by atoms with E-state index in [1.165, 1.54) is 18.4 Å². The molecule has 3 rings (SSSR count). The molecule has 0 aromatic carbocycles. The van der Waals surface area contributed by atoms with Crippen LogP contribution in [0.15, 0.2) is 24.7 Å². The van der Waals surface area contributed by atoms with Gasteiger partial charge in [0.05, 0.1) is 6.20 Å². The van der Waals surface area contributed by atoms with E-state index < -0.39 is 0 Å². The zero-order valence-electron chi connectivity index (χ0n) is 9.80. The minimum Gasteiger partial charge on any atom is -0.310 e. The van der Waals surface area contributed by atoms with Gasteiger partial charge in [-0.3, -0.25) is 0 Å². The number of rotatable bonds is 4. The van der Waals surface area contributed by atoms with Gasteiger partial charge in [-0.05, 0) is 25.8 Å². The van der Waals surface area contributed by atoms with Crippen LogP contribution in [0, 0.1) is 6.92 Å². The topological polar surface area (TPSA) is 55.6 Å². The quantitative estimate of drug-likeness (QED) is 0.856. The van der Waals surface area contributed by atoms with E-state index in [1.807, 2.05) is 13.1 Å². The monoisotopic (exact) mass is 229 g/mol. The van der Waals surface area contributed by atoms with Gasteiger partial charge in [0.25, 0.3) is 5.95 Å². The summed E-state index contributed by atoms with van der Waals surface area (Å²) in [6.07, 6.45) is 7.95. The summed E-state index contributed by atoms with van der Waals surface area (Å²) in [5.41, 5.74) is 2.31. The summed E-state index contributed by atoms with van der Waals surface area (Å²) in [7, 11) is 0. The SMILES string of the molecule is Cc1c(CNC2CC2)cnn1-c1ncccn1. The lowest BCUT2D eigenvalue weighted by atomic mass is 10.2. The summed E-state index contributed by atoms with van der Waals surface area (Å²) in [5.74, 6) is 0.627. The molecule has 88 valence electrons. The van der Waals surface area contributed by atoms with Crippen molar-refractivity contribution in [3.8, 4) is 5.95 Å². The molecule has 0 aliphatic heterocycles. The van der Waals surface area contributed by atoms with Crippen molar-refractivity contribution < 1.29 is 0 Å². The number of nitrogens with zero attached hydrogens (tertiary/aromatic N) is 4. The molecule has 2 aromatic heterocycles. The van der Waals surface area contributed by atoms with Crippen LogP contribution in [0.2, 0.25) is 0 Å². The minimum absolute atomic E-state index is 0.627. The van der Waals surface area contributed by atoms with Crippen LogP contribution in [-0.2, 0) is 6.54 Å². The Balaban J connectivity index is 1.81. The lowest BCUT2D eigenvalue weighted by Gasteiger charge is -2.04. The summed E-state index contributed by atoms with van der Waals surface area (Å²) in [6, 6.07) is 2.52. The van der Waals surface area contributed by atoms with Crippen molar-refractivity contribution >= 4 is 0 Å². The van der Waals surface area contributed by atoms with Gasteiger partial charge < -0.3 is 5.32 Å². The minimum atomic E-state index is 0.627. The van der Waals surface area contributed by atoms with Crippen molar-refractivity contribution in [3.05, 3.63) is 35.9 Å². The molecule has 0 unspecified atom stereocenters. The molecule has 0 saturated heterocycles. The Hall–Kier alpha value is -1.75. The second kappa shape index (κ2) is 4.25. The first-order valence-electron chi connectivity index (χ1n) is 5.89. The molecule has 2 heterocycles. The molecule has 5 nitrogen and oxygen atoms in total. The molecule has 1 fully saturated rings. The van der Waals surface area contributed by atoms with Crippen molar-refractivity contribution in [2.45, 2.75) is 32.4 Å². The van der Waals surface area contributed by atoms with Gasteiger partial charge in [0.2, 0.25) is 0 Å². The van der Waals surface area contributed by atoms with E-state index in [9.17, 15) is 0 Å². The van der Waals surface area contributed by atoms with E-state index in [4.69, 9.17) is 0 Å². The zero-order chi connectivity index (χ0) is 11.7. The van der Waals surface area contributed by atoms with Gasteiger partial charge in [-0.1, -0.05) is 0 Å². The highest BCUT2D eigenvalue weighted by molar-refractivity contribution is 5.23. The summed E-state index contributed by atoms with van der Waals surface area (Å²) >= 11 is 0. The number of aromatic nitrogens is 4. The van der Waals surface area contributed by atoms with E-state index in [2.05, 4.69) is 20.4 Å². The molecule has 2 aromatic rings.